The van der Waals surface area contributed by atoms with Gasteiger partial charge in [0.1, 0.15) is 5.82 Å². The largest absolute Gasteiger partial charge is 0.355 e. The summed E-state index contributed by atoms with van der Waals surface area (Å²) >= 11 is 0. The van der Waals surface area contributed by atoms with Gasteiger partial charge in [-0.05, 0) is 18.4 Å². The van der Waals surface area contributed by atoms with Gasteiger partial charge in [0.25, 0.3) is 0 Å². The summed E-state index contributed by atoms with van der Waals surface area (Å²) in [7, 11) is 0. The summed E-state index contributed by atoms with van der Waals surface area (Å²) in [6.07, 6.45) is 1.90. The summed E-state index contributed by atoms with van der Waals surface area (Å²) in [6.45, 7) is 9.46. The molecule has 0 atom stereocenters. The van der Waals surface area contributed by atoms with E-state index >= 15 is 0 Å². The lowest BCUT2D eigenvalue weighted by Crippen LogP contribution is -2.35. The van der Waals surface area contributed by atoms with Crippen molar-refractivity contribution in [1.29, 1.82) is 0 Å². The molecular formula is C16H23N3. The number of aromatic nitrogens is 1. The van der Waals surface area contributed by atoms with Crippen molar-refractivity contribution < 1.29 is 0 Å². The van der Waals surface area contributed by atoms with E-state index in [0.717, 1.165) is 25.5 Å². The Labute approximate surface area is 115 Å². The van der Waals surface area contributed by atoms with E-state index < -0.39 is 0 Å². The lowest BCUT2D eigenvalue weighted by molar-refractivity contribution is 0.583. The summed E-state index contributed by atoms with van der Waals surface area (Å²) in [5.74, 6) is 1.09. The molecule has 2 rings (SSSR count). The Kier molecular flexibility index (Phi) is 4.74. The van der Waals surface area contributed by atoms with Gasteiger partial charge < -0.3 is 10.2 Å². The Hall–Kier alpha value is -1.61. The van der Waals surface area contributed by atoms with Crippen molar-refractivity contribution in [2.24, 2.45) is 0 Å². The van der Waals surface area contributed by atoms with Gasteiger partial charge in [-0.3, -0.25) is 0 Å². The molecule has 3 heteroatoms. The van der Waals surface area contributed by atoms with Crippen molar-refractivity contribution in [3.63, 3.8) is 0 Å². The summed E-state index contributed by atoms with van der Waals surface area (Å²) in [6, 6.07) is 11.0. The standard InChI is InChI=1S/C16H23N3/c1-4-19(12-11-17-13(2)3)16-15-8-6-5-7-14(15)9-10-18-16/h5-10,13,17H,4,11-12H2,1-3H3. The summed E-state index contributed by atoms with van der Waals surface area (Å²) in [5, 5.41) is 5.94. The van der Waals surface area contributed by atoms with E-state index in [2.05, 4.69) is 66.3 Å². The van der Waals surface area contributed by atoms with Crippen molar-refractivity contribution in [1.82, 2.24) is 10.3 Å². The second-order valence-electron chi connectivity index (χ2n) is 5.04. The molecule has 1 N–H and O–H groups in total. The minimum Gasteiger partial charge on any atom is -0.355 e. The molecule has 0 aliphatic rings. The van der Waals surface area contributed by atoms with Crippen LogP contribution < -0.4 is 10.2 Å². The molecule has 2 aromatic rings. The first-order valence-electron chi connectivity index (χ1n) is 7.04. The fourth-order valence-corrected chi connectivity index (χ4v) is 2.26. The maximum Gasteiger partial charge on any atom is 0.136 e. The Morgan fingerprint density at radius 1 is 1.21 bits per heavy atom. The highest BCUT2D eigenvalue weighted by Gasteiger charge is 2.09. The average Bonchev–Trinajstić information content (AvgIpc) is 2.43. The molecule has 0 amide bonds. The molecule has 0 radical (unpaired) electrons. The third kappa shape index (κ3) is 3.44. The topological polar surface area (TPSA) is 28.2 Å². The predicted molar refractivity (Wildman–Crippen MR) is 82.8 cm³/mol. The maximum absolute atomic E-state index is 4.57. The van der Waals surface area contributed by atoms with Crippen LogP contribution in [0.2, 0.25) is 0 Å². The molecular weight excluding hydrogens is 234 g/mol. The van der Waals surface area contributed by atoms with Crippen LogP contribution in [-0.2, 0) is 0 Å². The SMILES string of the molecule is CCN(CCNC(C)C)c1nccc2ccccc12. The molecule has 0 spiro atoms. The van der Waals surface area contributed by atoms with Crippen molar-refractivity contribution in [2.45, 2.75) is 26.8 Å². The van der Waals surface area contributed by atoms with E-state index in [1.807, 2.05) is 6.20 Å². The van der Waals surface area contributed by atoms with Crippen LogP contribution in [0.4, 0.5) is 5.82 Å². The minimum atomic E-state index is 0.527. The van der Waals surface area contributed by atoms with Crippen LogP contribution in [0.15, 0.2) is 36.5 Å². The monoisotopic (exact) mass is 257 g/mol. The van der Waals surface area contributed by atoms with Crippen molar-refractivity contribution in [3.05, 3.63) is 36.5 Å². The number of anilines is 1. The van der Waals surface area contributed by atoms with Gasteiger partial charge in [-0.1, -0.05) is 38.1 Å². The zero-order chi connectivity index (χ0) is 13.7. The van der Waals surface area contributed by atoms with E-state index in [-0.39, 0.29) is 0 Å². The van der Waals surface area contributed by atoms with Crippen molar-refractivity contribution in [3.8, 4) is 0 Å². The van der Waals surface area contributed by atoms with Gasteiger partial charge in [-0.15, -0.1) is 0 Å². The second-order valence-corrected chi connectivity index (χ2v) is 5.04. The predicted octanol–water partition coefficient (Wildman–Crippen LogP) is 3.06. The van der Waals surface area contributed by atoms with Crippen molar-refractivity contribution >= 4 is 16.6 Å². The number of nitrogens with zero attached hydrogens (tertiary/aromatic N) is 2. The van der Waals surface area contributed by atoms with Crippen molar-refractivity contribution in [2.75, 3.05) is 24.5 Å². The first-order valence-corrected chi connectivity index (χ1v) is 7.04. The first kappa shape index (κ1) is 13.8. The summed E-state index contributed by atoms with van der Waals surface area (Å²) in [5.41, 5.74) is 0. The van der Waals surface area contributed by atoms with E-state index in [0.29, 0.717) is 6.04 Å². The van der Waals surface area contributed by atoms with Gasteiger partial charge in [-0.25, -0.2) is 4.98 Å². The molecule has 1 aromatic carbocycles. The molecule has 102 valence electrons. The second kappa shape index (κ2) is 6.53. The Morgan fingerprint density at radius 3 is 2.74 bits per heavy atom. The van der Waals surface area contributed by atoms with Crippen LogP contribution in [-0.4, -0.2) is 30.7 Å². The summed E-state index contributed by atoms with van der Waals surface area (Å²) in [4.78, 5) is 6.91. The highest BCUT2D eigenvalue weighted by atomic mass is 15.2. The van der Waals surface area contributed by atoms with E-state index in [1.165, 1.54) is 10.8 Å². The molecule has 0 saturated heterocycles. The Morgan fingerprint density at radius 2 is 2.00 bits per heavy atom. The lowest BCUT2D eigenvalue weighted by atomic mass is 10.1. The number of nitrogens with one attached hydrogen (secondary N) is 1. The van der Waals surface area contributed by atoms with E-state index in [1.54, 1.807) is 0 Å². The van der Waals surface area contributed by atoms with Crippen LogP contribution in [0.25, 0.3) is 10.8 Å². The number of hydrogen-bond acceptors (Lipinski definition) is 3. The molecule has 3 nitrogen and oxygen atoms in total. The number of hydrogen-bond donors (Lipinski definition) is 1. The third-order valence-electron chi connectivity index (χ3n) is 3.27. The highest BCUT2D eigenvalue weighted by Crippen LogP contribution is 2.23. The number of pyridine rings is 1. The van der Waals surface area contributed by atoms with E-state index in [9.17, 15) is 0 Å². The van der Waals surface area contributed by atoms with Crippen LogP contribution in [0.5, 0.6) is 0 Å². The first-order chi connectivity index (χ1) is 9.22. The van der Waals surface area contributed by atoms with Crippen LogP contribution in [0.3, 0.4) is 0 Å². The number of likely N-dealkylation sites (N-methyl/N-ethyl adjacent to an activating group) is 1. The molecule has 0 aliphatic carbocycles. The van der Waals surface area contributed by atoms with Gasteiger partial charge in [0, 0.05) is 37.3 Å². The fourth-order valence-electron chi connectivity index (χ4n) is 2.26. The molecule has 0 saturated carbocycles. The molecule has 1 aromatic heterocycles. The van der Waals surface area contributed by atoms with Gasteiger partial charge in [0.05, 0.1) is 0 Å². The number of fused-ring (bicyclic) bond motifs is 1. The van der Waals surface area contributed by atoms with Gasteiger partial charge in [0.15, 0.2) is 0 Å². The average molecular weight is 257 g/mol. The molecule has 19 heavy (non-hydrogen) atoms. The highest BCUT2D eigenvalue weighted by molar-refractivity contribution is 5.92. The summed E-state index contributed by atoms with van der Waals surface area (Å²) < 4.78 is 0. The lowest BCUT2D eigenvalue weighted by Gasteiger charge is -2.24. The van der Waals surface area contributed by atoms with Crippen LogP contribution >= 0.6 is 0 Å². The van der Waals surface area contributed by atoms with Crippen LogP contribution in [0, 0.1) is 0 Å². The Bertz CT molecular complexity index is 517. The third-order valence-corrected chi connectivity index (χ3v) is 3.27. The van der Waals surface area contributed by atoms with E-state index in [4.69, 9.17) is 0 Å². The van der Waals surface area contributed by atoms with Gasteiger partial charge in [-0.2, -0.15) is 0 Å². The Balaban J connectivity index is 2.20. The van der Waals surface area contributed by atoms with Crippen LogP contribution in [0.1, 0.15) is 20.8 Å². The van der Waals surface area contributed by atoms with Gasteiger partial charge >= 0.3 is 0 Å². The molecule has 0 unspecified atom stereocenters. The number of benzene rings is 1. The van der Waals surface area contributed by atoms with Gasteiger partial charge in [0.2, 0.25) is 0 Å². The zero-order valence-corrected chi connectivity index (χ0v) is 12.1. The maximum atomic E-state index is 4.57. The normalized spacial score (nSPS) is 11.2. The molecule has 0 fully saturated rings. The minimum absolute atomic E-state index is 0.527. The quantitative estimate of drug-likeness (QED) is 0.862. The fraction of sp³-hybridized carbons (Fsp3) is 0.438. The molecule has 0 bridgehead atoms. The smallest absolute Gasteiger partial charge is 0.136 e. The zero-order valence-electron chi connectivity index (χ0n) is 12.1. The number of rotatable bonds is 6. The molecule has 1 heterocycles. The molecule has 0 aliphatic heterocycles.